The Morgan fingerprint density at radius 2 is 1.97 bits per heavy atom. The number of alkyl halides is 3. The van der Waals surface area contributed by atoms with Gasteiger partial charge in [0.2, 0.25) is 0 Å². The molecule has 2 atom stereocenters. The summed E-state index contributed by atoms with van der Waals surface area (Å²) >= 11 is 0. The van der Waals surface area contributed by atoms with Gasteiger partial charge in [0.25, 0.3) is 0 Å². The fraction of sp³-hybridized carbons (Fsp3) is 0.552. The molecule has 7 nitrogen and oxygen atoms in total. The number of nitrogens with one attached hydrogen (secondary N) is 1. The first kappa shape index (κ1) is 27.6. The van der Waals surface area contributed by atoms with Gasteiger partial charge in [-0.25, -0.2) is 0 Å². The lowest BCUT2D eigenvalue weighted by atomic mass is 9.80. The molecule has 5 rings (SSSR count). The smallest absolute Gasteiger partial charge is 0.381 e. The fourth-order valence-electron chi connectivity index (χ4n) is 5.98. The van der Waals surface area contributed by atoms with E-state index in [2.05, 4.69) is 38.4 Å². The highest BCUT2D eigenvalue weighted by atomic mass is 19.4. The van der Waals surface area contributed by atoms with Gasteiger partial charge in [-0.2, -0.15) is 13.2 Å². The molecule has 4 heterocycles. The topological polar surface area (TPSA) is 68.1 Å². The molecule has 0 saturated carbocycles. The Hall–Kier alpha value is -2.98. The third-order valence-corrected chi connectivity index (χ3v) is 7.95. The zero-order chi connectivity index (χ0) is 27.4. The summed E-state index contributed by atoms with van der Waals surface area (Å²) in [7, 11) is 1.93. The van der Waals surface area contributed by atoms with Crippen LogP contribution in [0.5, 0.6) is 0 Å². The lowest BCUT2D eigenvalue weighted by molar-refractivity contribution is -0.138. The van der Waals surface area contributed by atoms with Gasteiger partial charge in [-0.1, -0.05) is 19.1 Å². The number of hydrogen-bond donors (Lipinski definition) is 1. The number of rotatable bonds is 8. The quantitative estimate of drug-likeness (QED) is 0.398. The normalized spacial score (nSPS) is 20.2. The van der Waals surface area contributed by atoms with Crippen LogP contribution in [0, 0.1) is 11.8 Å². The van der Waals surface area contributed by atoms with Crippen molar-refractivity contribution in [2.75, 3.05) is 31.6 Å². The Morgan fingerprint density at radius 3 is 2.69 bits per heavy atom. The number of halogens is 3. The average molecular weight is 543 g/mol. The Morgan fingerprint density at radius 1 is 1.15 bits per heavy atom. The maximum Gasteiger partial charge on any atom is 0.418 e. The first-order valence-electron chi connectivity index (χ1n) is 13.8. The van der Waals surface area contributed by atoms with E-state index >= 15 is 0 Å². The lowest BCUT2D eigenvalue weighted by Gasteiger charge is -2.31. The number of aromatic nitrogens is 4. The van der Waals surface area contributed by atoms with Gasteiger partial charge in [-0.05, 0) is 73.4 Å². The molecule has 2 fully saturated rings. The average Bonchev–Trinajstić information content (AvgIpc) is 3.33. The Bertz CT molecular complexity index is 1240. The second-order valence-corrected chi connectivity index (χ2v) is 11.0. The highest BCUT2D eigenvalue weighted by molar-refractivity contribution is 5.48. The third-order valence-electron chi connectivity index (χ3n) is 7.95. The number of anilines is 1. The maximum absolute atomic E-state index is 14.1. The van der Waals surface area contributed by atoms with Crippen molar-refractivity contribution in [2.45, 2.75) is 57.8 Å². The number of pyridine rings is 1. The first-order chi connectivity index (χ1) is 18.8. The molecule has 0 spiro atoms. The molecule has 2 aliphatic heterocycles. The summed E-state index contributed by atoms with van der Waals surface area (Å²) in [5.41, 5.74) is 1.72. The number of piperidine rings is 1. The first-order valence-corrected chi connectivity index (χ1v) is 13.8. The van der Waals surface area contributed by atoms with Crippen molar-refractivity contribution in [3.8, 4) is 0 Å². The molecular formula is C29H37F3N6O. The van der Waals surface area contributed by atoms with Crippen LogP contribution in [0.15, 0.2) is 42.9 Å². The van der Waals surface area contributed by atoms with Gasteiger partial charge in [-0.15, -0.1) is 10.2 Å². The number of likely N-dealkylation sites (tertiary alicyclic amines) is 1. The van der Waals surface area contributed by atoms with Crippen LogP contribution in [-0.4, -0.2) is 51.0 Å². The second kappa shape index (κ2) is 12.0. The molecule has 2 aliphatic rings. The van der Waals surface area contributed by atoms with Crippen molar-refractivity contribution in [3.05, 3.63) is 71.1 Å². The molecular weight excluding hydrogens is 505 g/mol. The Labute approximate surface area is 227 Å². The predicted octanol–water partition coefficient (Wildman–Crippen LogP) is 5.63. The molecule has 1 N–H and O–H groups in total. The van der Waals surface area contributed by atoms with Gasteiger partial charge in [0.1, 0.15) is 12.2 Å². The van der Waals surface area contributed by atoms with Gasteiger partial charge < -0.3 is 14.6 Å². The molecule has 3 aromatic rings. The predicted molar refractivity (Wildman–Crippen MR) is 143 cm³/mol. The van der Waals surface area contributed by atoms with Crippen molar-refractivity contribution in [3.63, 3.8) is 0 Å². The molecule has 210 valence electrons. The molecule has 39 heavy (non-hydrogen) atoms. The summed E-state index contributed by atoms with van der Waals surface area (Å²) < 4.78 is 49.7. The van der Waals surface area contributed by atoms with E-state index in [1.807, 2.05) is 29.8 Å². The largest absolute Gasteiger partial charge is 0.418 e. The van der Waals surface area contributed by atoms with E-state index in [1.165, 1.54) is 12.5 Å². The van der Waals surface area contributed by atoms with Gasteiger partial charge >= 0.3 is 6.18 Å². The maximum atomic E-state index is 14.1. The van der Waals surface area contributed by atoms with Crippen LogP contribution in [0.4, 0.5) is 18.9 Å². The van der Waals surface area contributed by atoms with Crippen LogP contribution in [0.25, 0.3) is 0 Å². The summed E-state index contributed by atoms with van der Waals surface area (Å²) in [5.74, 6) is 1.79. The van der Waals surface area contributed by atoms with Crippen LogP contribution < -0.4 is 5.32 Å². The van der Waals surface area contributed by atoms with Crippen LogP contribution in [0.2, 0.25) is 0 Å². The SMILES string of the molecule is C[C@H]1CCCN(Cc2cnc(CNc3cccc(C(c4nncn4C)C4CCOCC4)c3)c(C(F)(F)F)c2)C1. The minimum atomic E-state index is -4.48. The van der Waals surface area contributed by atoms with Crippen molar-refractivity contribution >= 4 is 5.69 Å². The van der Waals surface area contributed by atoms with Crippen molar-refractivity contribution in [1.29, 1.82) is 0 Å². The highest BCUT2D eigenvalue weighted by Gasteiger charge is 2.35. The Kier molecular flexibility index (Phi) is 8.52. The molecule has 1 unspecified atom stereocenters. The Balaban J connectivity index is 1.34. The van der Waals surface area contributed by atoms with Crippen molar-refractivity contribution in [1.82, 2.24) is 24.6 Å². The van der Waals surface area contributed by atoms with E-state index < -0.39 is 11.7 Å². The van der Waals surface area contributed by atoms with Crippen LogP contribution in [-0.2, 0) is 31.1 Å². The third kappa shape index (κ3) is 6.78. The minimum Gasteiger partial charge on any atom is -0.381 e. The van der Waals surface area contributed by atoms with Crippen LogP contribution in [0.3, 0.4) is 0 Å². The summed E-state index contributed by atoms with van der Waals surface area (Å²) in [6.07, 6.45) is 2.89. The standard InChI is InChI=1S/C29H37F3N6O/c1-20-5-4-10-38(17-20)18-21-13-25(29(30,31)32)26(34-15-21)16-33-24-7-3-6-23(14-24)27(22-8-11-39-12-9-22)28-36-35-19-37(28)2/h3,6-7,13-15,19-20,22,27,33H,4-5,8-12,16-18H2,1-2H3/t20-,27?/m0/s1. The van der Waals surface area contributed by atoms with E-state index in [-0.39, 0.29) is 18.2 Å². The summed E-state index contributed by atoms with van der Waals surface area (Å²) in [6, 6.07) is 9.14. The van der Waals surface area contributed by atoms with Crippen LogP contribution >= 0.6 is 0 Å². The van der Waals surface area contributed by atoms with E-state index in [1.54, 1.807) is 12.5 Å². The summed E-state index contributed by atoms with van der Waals surface area (Å²) in [6.45, 7) is 5.88. The zero-order valence-corrected chi connectivity index (χ0v) is 22.6. The molecule has 1 aromatic carbocycles. The lowest BCUT2D eigenvalue weighted by Crippen LogP contribution is -2.33. The van der Waals surface area contributed by atoms with Crippen LogP contribution in [0.1, 0.15) is 66.7 Å². The number of aryl methyl sites for hydroxylation is 1. The molecule has 0 aliphatic carbocycles. The van der Waals surface area contributed by atoms with E-state index in [9.17, 15) is 13.2 Å². The molecule has 2 aromatic heterocycles. The number of benzene rings is 1. The van der Waals surface area contributed by atoms with Gasteiger partial charge in [-0.3, -0.25) is 9.88 Å². The zero-order valence-electron chi connectivity index (χ0n) is 22.6. The summed E-state index contributed by atoms with van der Waals surface area (Å²) in [5, 5.41) is 11.7. The highest BCUT2D eigenvalue weighted by Crippen LogP contribution is 2.38. The monoisotopic (exact) mass is 542 g/mol. The fourth-order valence-corrected chi connectivity index (χ4v) is 5.98. The van der Waals surface area contributed by atoms with E-state index in [4.69, 9.17) is 4.74 Å². The van der Waals surface area contributed by atoms with E-state index in [0.29, 0.717) is 37.2 Å². The van der Waals surface area contributed by atoms with Gasteiger partial charge in [0, 0.05) is 51.2 Å². The number of ether oxygens (including phenoxy) is 1. The molecule has 0 bridgehead atoms. The summed E-state index contributed by atoms with van der Waals surface area (Å²) in [4.78, 5) is 6.51. The van der Waals surface area contributed by atoms with Crippen molar-refractivity contribution in [2.24, 2.45) is 18.9 Å². The number of hydrogen-bond acceptors (Lipinski definition) is 6. The molecule has 0 radical (unpaired) electrons. The molecule has 10 heteroatoms. The minimum absolute atomic E-state index is 0.00190. The molecule has 0 amide bonds. The van der Waals surface area contributed by atoms with E-state index in [0.717, 1.165) is 49.4 Å². The molecule has 2 saturated heterocycles. The van der Waals surface area contributed by atoms with Crippen molar-refractivity contribution < 1.29 is 17.9 Å². The van der Waals surface area contributed by atoms with Gasteiger partial charge in [0.05, 0.1) is 17.8 Å². The van der Waals surface area contributed by atoms with Gasteiger partial charge in [0.15, 0.2) is 0 Å². The second-order valence-electron chi connectivity index (χ2n) is 11.0. The number of nitrogens with zero attached hydrogens (tertiary/aromatic N) is 5.